The number of nitrogens with zero attached hydrogens (tertiary/aromatic N) is 2. The van der Waals surface area contributed by atoms with Crippen LogP contribution in [-0.4, -0.2) is 38.5 Å². The van der Waals surface area contributed by atoms with E-state index in [9.17, 15) is 9.59 Å². The summed E-state index contributed by atoms with van der Waals surface area (Å²) in [6.07, 6.45) is 1.76. The summed E-state index contributed by atoms with van der Waals surface area (Å²) in [5.74, 6) is 1.17. The number of carbonyl (C=O) groups is 1. The van der Waals surface area contributed by atoms with E-state index in [1.54, 1.807) is 43.9 Å². The number of aromatic nitrogens is 1. The van der Waals surface area contributed by atoms with Crippen LogP contribution in [0.3, 0.4) is 0 Å². The van der Waals surface area contributed by atoms with Gasteiger partial charge in [-0.3, -0.25) is 9.36 Å². The van der Waals surface area contributed by atoms with Gasteiger partial charge in [0.2, 0.25) is 5.75 Å². The van der Waals surface area contributed by atoms with Gasteiger partial charge in [0, 0.05) is 4.88 Å². The van der Waals surface area contributed by atoms with E-state index in [1.165, 1.54) is 29.8 Å². The number of esters is 1. The number of thiophene rings is 1. The summed E-state index contributed by atoms with van der Waals surface area (Å²) in [5.41, 5.74) is 1.38. The van der Waals surface area contributed by atoms with Crippen molar-refractivity contribution in [2.45, 2.75) is 26.8 Å². The number of benzene rings is 1. The van der Waals surface area contributed by atoms with Crippen molar-refractivity contribution in [3.05, 3.63) is 71.0 Å². The number of carbonyl (C=O) groups excluding carboxylic acids is 1. The maximum absolute atomic E-state index is 13.7. The topological polar surface area (TPSA) is 88.4 Å². The van der Waals surface area contributed by atoms with Crippen molar-refractivity contribution in [1.82, 2.24) is 4.57 Å². The van der Waals surface area contributed by atoms with E-state index >= 15 is 0 Å². The van der Waals surface area contributed by atoms with Crippen LogP contribution in [0.25, 0.3) is 6.08 Å². The number of rotatable bonds is 8. The molecule has 8 nitrogen and oxygen atoms in total. The number of fused-ring (bicyclic) bond motifs is 1. The molecule has 36 heavy (non-hydrogen) atoms. The molecule has 4 rings (SSSR count). The maximum atomic E-state index is 13.7. The largest absolute Gasteiger partial charge is 0.493 e. The van der Waals surface area contributed by atoms with Gasteiger partial charge in [0.1, 0.15) is 6.04 Å². The van der Waals surface area contributed by atoms with Gasteiger partial charge in [-0.15, -0.1) is 11.3 Å². The number of hydrogen-bond acceptors (Lipinski definition) is 9. The van der Waals surface area contributed by atoms with Crippen LogP contribution in [0.2, 0.25) is 0 Å². The molecule has 0 spiro atoms. The summed E-state index contributed by atoms with van der Waals surface area (Å²) in [4.78, 5) is 32.9. The predicted octanol–water partition coefficient (Wildman–Crippen LogP) is 3.52. The second-order valence-electron chi connectivity index (χ2n) is 8.55. The van der Waals surface area contributed by atoms with E-state index in [1.807, 2.05) is 31.4 Å². The molecular formula is C26H28N2O6S2. The first-order chi connectivity index (χ1) is 17.3. The summed E-state index contributed by atoms with van der Waals surface area (Å²) < 4.78 is 23.9. The van der Waals surface area contributed by atoms with E-state index in [0.29, 0.717) is 50.0 Å². The van der Waals surface area contributed by atoms with Gasteiger partial charge in [-0.1, -0.05) is 31.3 Å². The number of methoxy groups -OCH3 is 3. The summed E-state index contributed by atoms with van der Waals surface area (Å²) >= 11 is 2.74. The molecule has 10 heteroatoms. The number of hydrogen-bond donors (Lipinski definition) is 0. The smallest absolute Gasteiger partial charge is 0.338 e. The van der Waals surface area contributed by atoms with Gasteiger partial charge < -0.3 is 18.9 Å². The fraction of sp³-hybridized carbons (Fsp3) is 0.346. The van der Waals surface area contributed by atoms with Gasteiger partial charge in [0.15, 0.2) is 16.3 Å². The molecule has 0 N–H and O–H groups in total. The Balaban J connectivity index is 1.88. The fourth-order valence-electron chi connectivity index (χ4n) is 3.95. The highest BCUT2D eigenvalue weighted by Gasteiger charge is 2.34. The zero-order chi connectivity index (χ0) is 26.0. The molecular weight excluding hydrogens is 500 g/mol. The lowest BCUT2D eigenvalue weighted by molar-refractivity contribution is -0.140. The second kappa shape index (κ2) is 10.7. The third-order valence-corrected chi connectivity index (χ3v) is 7.49. The van der Waals surface area contributed by atoms with Crippen molar-refractivity contribution in [1.29, 1.82) is 0 Å². The molecule has 3 heterocycles. The molecule has 1 aromatic carbocycles. The molecule has 0 aliphatic carbocycles. The maximum Gasteiger partial charge on any atom is 0.338 e. The number of allylic oxidation sites excluding steroid dienone is 1. The molecule has 0 radical (unpaired) electrons. The van der Waals surface area contributed by atoms with E-state index in [-0.39, 0.29) is 11.5 Å². The predicted molar refractivity (Wildman–Crippen MR) is 140 cm³/mol. The summed E-state index contributed by atoms with van der Waals surface area (Å²) in [7, 11) is 4.62. The summed E-state index contributed by atoms with van der Waals surface area (Å²) in [6, 6.07) is 6.76. The third kappa shape index (κ3) is 4.83. The Morgan fingerprint density at radius 2 is 1.86 bits per heavy atom. The van der Waals surface area contributed by atoms with Crippen LogP contribution < -0.4 is 29.1 Å². The van der Waals surface area contributed by atoms with Gasteiger partial charge in [-0.2, -0.15) is 0 Å². The molecule has 190 valence electrons. The Labute approximate surface area is 216 Å². The van der Waals surface area contributed by atoms with Gasteiger partial charge in [-0.25, -0.2) is 9.79 Å². The third-order valence-electron chi connectivity index (χ3n) is 5.59. The first-order valence-electron chi connectivity index (χ1n) is 11.3. The highest BCUT2D eigenvalue weighted by molar-refractivity contribution is 7.10. The first kappa shape index (κ1) is 25.7. The van der Waals surface area contributed by atoms with Crippen LogP contribution in [0.15, 0.2) is 50.7 Å². The second-order valence-corrected chi connectivity index (χ2v) is 10.5. The monoisotopic (exact) mass is 528 g/mol. The SMILES string of the molecule is COc1cc(/C=c2/sc3n(c2=O)[C@@H](c2cccs2)C(C(=O)OCC(C)C)=C(C)N=3)cc(OC)c1OC. The molecule has 0 bridgehead atoms. The van der Waals surface area contributed by atoms with Crippen molar-refractivity contribution < 1.29 is 23.7 Å². The van der Waals surface area contributed by atoms with Crippen molar-refractivity contribution in [3.8, 4) is 17.2 Å². The molecule has 1 aliphatic heterocycles. The molecule has 2 aromatic heterocycles. The Kier molecular flexibility index (Phi) is 7.65. The zero-order valence-electron chi connectivity index (χ0n) is 21.0. The molecule has 0 saturated heterocycles. The van der Waals surface area contributed by atoms with Crippen molar-refractivity contribution in [2.75, 3.05) is 27.9 Å². The minimum absolute atomic E-state index is 0.190. The molecule has 1 atom stereocenters. The molecule has 3 aromatic rings. The van der Waals surface area contributed by atoms with Crippen LogP contribution in [0.4, 0.5) is 0 Å². The summed E-state index contributed by atoms with van der Waals surface area (Å²) in [5, 5.41) is 1.92. The van der Waals surface area contributed by atoms with Gasteiger partial charge in [-0.05, 0) is 48.1 Å². The Bertz CT molecular complexity index is 1460. The van der Waals surface area contributed by atoms with Gasteiger partial charge in [0.05, 0.1) is 43.7 Å². The van der Waals surface area contributed by atoms with Crippen LogP contribution in [-0.2, 0) is 9.53 Å². The highest BCUT2D eigenvalue weighted by Crippen LogP contribution is 2.38. The van der Waals surface area contributed by atoms with Crippen LogP contribution >= 0.6 is 22.7 Å². The number of thiazole rings is 1. The van der Waals surface area contributed by atoms with Crippen LogP contribution in [0.1, 0.15) is 37.3 Å². The van der Waals surface area contributed by atoms with Crippen molar-refractivity contribution in [2.24, 2.45) is 10.9 Å². The zero-order valence-corrected chi connectivity index (χ0v) is 22.6. The Morgan fingerprint density at radius 1 is 1.17 bits per heavy atom. The van der Waals surface area contributed by atoms with E-state index in [2.05, 4.69) is 4.99 Å². The minimum Gasteiger partial charge on any atom is -0.493 e. The lowest BCUT2D eigenvalue weighted by Crippen LogP contribution is -2.39. The molecule has 0 saturated carbocycles. The van der Waals surface area contributed by atoms with Crippen LogP contribution in [0.5, 0.6) is 17.2 Å². The van der Waals surface area contributed by atoms with Gasteiger partial charge in [0.25, 0.3) is 5.56 Å². The van der Waals surface area contributed by atoms with Crippen molar-refractivity contribution in [3.63, 3.8) is 0 Å². The first-order valence-corrected chi connectivity index (χ1v) is 13.0. The minimum atomic E-state index is -0.608. The van der Waals surface area contributed by atoms with Gasteiger partial charge >= 0.3 is 5.97 Å². The molecule has 0 amide bonds. The number of ether oxygens (including phenoxy) is 4. The Morgan fingerprint density at radius 3 is 2.42 bits per heavy atom. The average molecular weight is 529 g/mol. The highest BCUT2D eigenvalue weighted by atomic mass is 32.1. The lowest BCUT2D eigenvalue weighted by atomic mass is 10.0. The molecule has 0 unspecified atom stereocenters. The Hall–Kier alpha value is -3.37. The summed E-state index contributed by atoms with van der Waals surface area (Å²) in [6.45, 7) is 6.02. The quantitative estimate of drug-likeness (QED) is 0.416. The van der Waals surface area contributed by atoms with Crippen LogP contribution in [0, 0.1) is 5.92 Å². The molecule has 0 fully saturated rings. The molecule has 1 aliphatic rings. The van der Waals surface area contributed by atoms with Crippen molar-refractivity contribution >= 4 is 34.7 Å². The lowest BCUT2D eigenvalue weighted by Gasteiger charge is -2.23. The fourth-order valence-corrected chi connectivity index (χ4v) is 5.83. The standard InChI is InChI=1S/C26H28N2O6S2/c1-14(2)13-34-25(30)21-15(3)27-26-28(22(21)19-8-7-9-35-19)24(29)20(36-26)12-16-10-17(31-4)23(33-6)18(11-16)32-5/h7-12,14,22H,13H2,1-6H3/b20-12+/t22-/m0/s1. The van der Waals surface area contributed by atoms with E-state index in [4.69, 9.17) is 18.9 Å². The van der Waals surface area contributed by atoms with E-state index in [0.717, 1.165) is 4.88 Å². The average Bonchev–Trinajstić information content (AvgIpc) is 3.49. The normalized spacial score (nSPS) is 15.5. The van der Waals surface area contributed by atoms with E-state index < -0.39 is 12.0 Å².